The predicted octanol–water partition coefficient (Wildman–Crippen LogP) is 0.446. The average Bonchev–Trinajstić information content (AvgIpc) is 2.28. The highest BCUT2D eigenvalue weighted by atomic mass is 127. The third kappa shape index (κ3) is 16.7. The van der Waals surface area contributed by atoms with Crippen molar-refractivity contribution in [1.29, 1.82) is 0 Å². The summed E-state index contributed by atoms with van der Waals surface area (Å²) in [7, 11) is 2.36. The van der Waals surface area contributed by atoms with Crippen LogP contribution in [0.15, 0.2) is 0 Å². The molecule has 0 aliphatic heterocycles. The fourth-order valence-electron chi connectivity index (χ4n) is 2.19. The van der Waals surface area contributed by atoms with Crippen molar-refractivity contribution in [3.8, 4) is 0 Å². The number of nitrogens with one attached hydrogen (secondary N) is 1. The lowest BCUT2D eigenvalue weighted by Crippen LogP contribution is -3.09. The van der Waals surface area contributed by atoms with Gasteiger partial charge in [0, 0.05) is 0 Å². The number of unbranched alkanes of at least 4 members (excludes halogenated alkanes) is 8. The van der Waals surface area contributed by atoms with Crippen molar-refractivity contribution in [2.45, 2.75) is 78.1 Å². The molecule has 17 heavy (non-hydrogen) atoms. The minimum absolute atomic E-state index is 0. The molecular formula is C15H34IN. The maximum absolute atomic E-state index is 2.36. The molecule has 0 unspecified atom stereocenters. The molecule has 0 aromatic rings. The minimum Gasteiger partial charge on any atom is -1.00 e. The van der Waals surface area contributed by atoms with Gasteiger partial charge in [0.15, 0.2) is 0 Å². The minimum atomic E-state index is 0. The summed E-state index contributed by atoms with van der Waals surface area (Å²) < 4.78 is 0. The first-order chi connectivity index (χ1) is 7.81. The second-order valence-corrected chi connectivity index (χ2v) is 5.29. The van der Waals surface area contributed by atoms with Gasteiger partial charge in [-0.15, -0.1) is 0 Å². The average molecular weight is 355 g/mol. The van der Waals surface area contributed by atoms with E-state index in [1.807, 2.05) is 0 Å². The van der Waals surface area contributed by atoms with Gasteiger partial charge in [0.2, 0.25) is 0 Å². The molecule has 0 aromatic heterocycles. The molecule has 0 atom stereocenters. The van der Waals surface area contributed by atoms with Gasteiger partial charge < -0.3 is 28.9 Å². The topological polar surface area (TPSA) is 4.44 Å². The van der Waals surface area contributed by atoms with E-state index in [2.05, 4.69) is 20.9 Å². The van der Waals surface area contributed by atoms with Crippen LogP contribution >= 0.6 is 0 Å². The van der Waals surface area contributed by atoms with Gasteiger partial charge in [0.1, 0.15) is 0 Å². The molecule has 1 N–H and O–H groups in total. The van der Waals surface area contributed by atoms with Gasteiger partial charge in [0.25, 0.3) is 0 Å². The van der Waals surface area contributed by atoms with Crippen LogP contribution in [-0.4, -0.2) is 20.1 Å². The normalized spacial score (nSPS) is 10.6. The molecule has 0 aromatic carbocycles. The van der Waals surface area contributed by atoms with Crippen LogP contribution in [0.5, 0.6) is 0 Å². The Kier molecular flexibility index (Phi) is 19.7. The monoisotopic (exact) mass is 355 g/mol. The van der Waals surface area contributed by atoms with E-state index in [-0.39, 0.29) is 24.0 Å². The Morgan fingerprint density at radius 3 is 1.29 bits per heavy atom. The van der Waals surface area contributed by atoms with Gasteiger partial charge in [-0.2, -0.15) is 0 Å². The van der Waals surface area contributed by atoms with Gasteiger partial charge in [-0.3, -0.25) is 0 Å². The molecule has 1 nitrogen and oxygen atoms in total. The van der Waals surface area contributed by atoms with Gasteiger partial charge in [0.05, 0.1) is 20.1 Å². The van der Waals surface area contributed by atoms with E-state index in [1.165, 1.54) is 77.3 Å². The summed E-state index contributed by atoms with van der Waals surface area (Å²) >= 11 is 0. The highest BCUT2D eigenvalue weighted by Crippen LogP contribution is 2.01. The lowest BCUT2D eigenvalue weighted by molar-refractivity contribution is -0.880. The zero-order chi connectivity index (χ0) is 12.1. The summed E-state index contributed by atoms with van der Waals surface area (Å²) in [5, 5.41) is 0. The smallest absolute Gasteiger partial charge is 0.0768 e. The molecule has 0 saturated heterocycles. The highest BCUT2D eigenvalue weighted by Gasteiger charge is 2.00. The van der Waals surface area contributed by atoms with Crippen molar-refractivity contribution in [3.63, 3.8) is 0 Å². The van der Waals surface area contributed by atoms with Crippen LogP contribution in [0.2, 0.25) is 0 Å². The van der Waals surface area contributed by atoms with Crippen LogP contribution in [0.1, 0.15) is 78.1 Å². The number of halogens is 1. The van der Waals surface area contributed by atoms with Crippen molar-refractivity contribution in [2.24, 2.45) is 0 Å². The molecule has 0 radical (unpaired) electrons. The largest absolute Gasteiger partial charge is 1.00 e. The summed E-state index contributed by atoms with van der Waals surface area (Å²) in [6.45, 7) is 7.34. The van der Waals surface area contributed by atoms with Crippen LogP contribution in [0.25, 0.3) is 0 Å². The van der Waals surface area contributed by atoms with Gasteiger partial charge in [-0.1, -0.05) is 52.4 Å². The van der Waals surface area contributed by atoms with Crippen molar-refractivity contribution >= 4 is 0 Å². The summed E-state index contributed by atoms with van der Waals surface area (Å²) in [5.41, 5.74) is 0. The first-order valence-electron chi connectivity index (χ1n) is 7.62. The second kappa shape index (κ2) is 16.7. The zero-order valence-corrected chi connectivity index (χ0v) is 14.5. The molecular weight excluding hydrogens is 321 g/mol. The number of hydrogen-bond acceptors (Lipinski definition) is 0. The molecule has 2 heteroatoms. The van der Waals surface area contributed by atoms with E-state index in [4.69, 9.17) is 0 Å². The van der Waals surface area contributed by atoms with Crippen molar-refractivity contribution in [2.75, 3.05) is 20.1 Å². The Morgan fingerprint density at radius 2 is 0.941 bits per heavy atom. The zero-order valence-electron chi connectivity index (χ0n) is 12.4. The third-order valence-corrected chi connectivity index (χ3v) is 3.41. The lowest BCUT2D eigenvalue weighted by Gasteiger charge is -2.13. The summed E-state index contributed by atoms with van der Waals surface area (Å²) in [4.78, 5) is 1.74. The quantitative estimate of drug-likeness (QED) is 0.383. The van der Waals surface area contributed by atoms with Gasteiger partial charge in [-0.05, 0) is 25.7 Å². The van der Waals surface area contributed by atoms with E-state index < -0.39 is 0 Å². The molecule has 106 valence electrons. The fourth-order valence-corrected chi connectivity index (χ4v) is 2.19. The molecule has 0 bridgehead atoms. The van der Waals surface area contributed by atoms with E-state index in [9.17, 15) is 0 Å². The Balaban J connectivity index is 0. The van der Waals surface area contributed by atoms with E-state index in [0.717, 1.165) is 0 Å². The predicted molar refractivity (Wildman–Crippen MR) is 74.1 cm³/mol. The summed E-state index contributed by atoms with van der Waals surface area (Å²) in [6.07, 6.45) is 14.2. The Hall–Kier alpha value is 0.690. The molecule has 0 heterocycles. The summed E-state index contributed by atoms with van der Waals surface area (Å²) in [5.74, 6) is 0. The molecule has 0 spiro atoms. The molecule has 0 fully saturated rings. The number of rotatable bonds is 12. The molecule has 0 aliphatic rings. The molecule has 0 amide bonds. The Bertz CT molecular complexity index is 114. The van der Waals surface area contributed by atoms with Crippen LogP contribution in [0.4, 0.5) is 0 Å². The maximum atomic E-state index is 2.36. The van der Waals surface area contributed by atoms with Crippen LogP contribution in [0, 0.1) is 0 Å². The van der Waals surface area contributed by atoms with Crippen LogP contribution in [-0.2, 0) is 0 Å². The molecule has 0 rings (SSSR count). The van der Waals surface area contributed by atoms with Gasteiger partial charge in [-0.25, -0.2) is 0 Å². The lowest BCUT2D eigenvalue weighted by atomic mass is 10.1. The van der Waals surface area contributed by atoms with E-state index in [0.29, 0.717) is 0 Å². The molecule has 0 aliphatic carbocycles. The number of quaternary nitrogens is 1. The van der Waals surface area contributed by atoms with E-state index >= 15 is 0 Å². The van der Waals surface area contributed by atoms with Crippen molar-refractivity contribution < 1.29 is 28.9 Å². The first kappa shape index (κ1) is 20.0. The Morgan fingerprint density at radius 1 is 0.588 bits per heavy atom. The van der Waals surface area contributed by atoms with Crippen LogP contribution < -0.4 is 28.9 Å². The van der Waals surface area contributed by atoms with Crippen LogP contribution in [0.3, 0.4) is 0 Å². The van der Waals surface area contributed by atoms with Crippen molar-refractivity contribution in [3.05, 3.63) is 0 Å². The van der Waals surface area contributed by atoms with E-state index in [1.54, 1.807) is 4.90 Å². The standard InChI is InChI=1S/C15H33N.HI/c1-4-6-8-10-12-14-16(3)15-13-11-9-7-5-2;/h4-15H2,1-3H3;1H. The van der Waals surface area contributed by atoms with Crippen molar-refractivity contribution in [1.82, 2.24) is 0 Å². The SMILES string of the molecule is CCCCCCC[NH+](C)CCCCCCC.[I-]. The highest BCUT2D eigenvalue weighted by molar-refractivity contribution is 4.42. The third-order valence-electron chi connectivity index (χ3n) is 3.41. The Labute approximate surface area is 127 Å². The first-order valence-corrected chi connectivity index (χ1v) is 7.62. The number of hydrogen-bond donors (Lipinski definition) is 1. The maximum Gasteiger partial charge on any atom is 0.0768 e. The van der Waals surface area contributed by atoms with Gasteiger partial charge >= 0.3 is 0 Å². The molecule has 0 saturated carbocycles. The fraction of sp³-hybridized carbons (Fsp3) is 1.00. The summed E-state index contributed by atoms with van der Waals surface area (Å²) in [6, 6.07) is 0. The second-order valence-electron chi connectivity index (χ2n) is 5.29.